The zero-order valence-corrected chi connectivity index (χ0v) is 25.0. The summed E-state index contributed by atoms with van der Waals surface area (Å²) in [6, 6.07) is 13.8. The van der Waals surface area contributed by atoms with Crippen molar-refractivity contribution in [2.75, 3.05) is 0 Å². The standard InChI is InChI=1S/C32H40O4.C3H8/c1-5-10-26(29(6-2)30(35)15-21(3)33)16-24-17-27-14-13-25(22(4)32(27)31(36)19-24)20-28(34)18-23-11-8-7-9-12-23;1-3-2/h7-9,11-14,24,26,29H,5-6,10,15-20H2,1-4H3;3H2,1-2H3. The second kappa shape index (κ2) is 16.3. The van der Waals surface area contributed by atoms with Crippen LogP contribution in [0, 0.1) is 24.7 Å². The van der Waals surface area contributed by atoms with E-state index in [-0.39, 0.29) is 47.3 Å². The summed E-state index contributed by atoms with van der Waals surface area (Å²) in [5, 5.41) is 0. The molecule has 0 saturated carbocycles. The molecule has 2 aromatic carbocycles. The summed E-state index contributed by atoms with van der Waals surface area (Å²) >= 11 is 0. The second-order valence-corrected chi connectivity index (χ2v) is 11.3. The van der Waals surface area contributed by atoms with Gasteiger partial charge in [0.05, 0.1) is 6.42 Å². The molecule has 1 aliphatic rings. The van der Waals surface area contributed by atoms with E-state index in [9.17, 15) is 19.2 Å². The largest absolute Gasteiger partial charge is 0.300 e. The third-order valence-electron chi connectivity index (χ3n) is 7.70. The van der Waals surface area contributed by atoms with E-state index in [4.69, 9.17) is 0 Å². The molecule has 2 aromatic rings. The summed E-state index contributed by atoms with van der Waals surface area (Å²) in [6.45, 7) is 11.8. The first-order valence-corrected chi connectivity index (χ1v) is 14.9. The predicted molar refractivity (Wildman–Crippen MR) is 159 cm³/mol. The zero-order chi connectivity index (χ0) is 28.9. The molecule has 3 rings (SSSR count). The quantitative estimate of drug-likeness (QED) is 0.246. The van der Waals surface area contributed by atoms with Gasteiger partial charge in [0, 0.05) is 30.7 Å². The molecule has 1 aliphatic carbocycles. The lowest BCUT2D eigenvalue weighted by atomic mass is 9.72. The third-order valence-corrected chi connectivity index (χ3v) is 7.70. The van der Waals surface area contributed by atoms with Gasteiger partial charge in [0.1, 0.15) is 17.3 Å². The van der Waals surface area contributed by atoms with Gasteiger partial charge in [-0.1, -0.05) is 89.4 Å². The van der Waals surface area contributed by atoms with Crippen LogP contribution in [0.15, 0.2) is 42.5 Å². The van der Waals surface area contributed by atoms with Gasteiger partial charge in [0.15, 0.2) is 5.78 Å². The molecule has 0 fully saturated rings. The number of fused-ring (bicyclic) bond motifs is 1. The summed E-state index contributed by atoms with van der Waals surface area (Å²) in [6.07, 6.45) is 6.75. The molecule has 212 valence electrons. The molecule has 0 spiro atoms. The highest BCUT2D eigenvalue weighted by Crippen LogP contribution is 2.37. The number of carbonyl (C=O) groups excluding carboxylic acids is 4. The van der Waals surface area contributed by atoms with E-state index in [1.54, 1.807) is 0 Å². The molecule has 0 saturated heterocycles. The average molecular weight is 533 g/mol. The third kappa shape index (κ3) is 9.67. The Bertz CT molecular complexity index is 1110. The lowest BCUT2D eigenvalue weighted by molar-refractivity contribution is -0.130. The molecule has 0 bridgehead atoms. The Balaban J connectivity index is 0.00000170. The van der Waals surface area contributed by atoms with E-state index in [1.165, 1.54) is 13.3 Å². The molecule has 3 unspecified atom stereocenters. The van der Waals surface area contributed by atoms with Gasteiger partial charge < -0.3 is 0 Å². The van der Waals surface area contributed by atoms with Gasteiger partial charge in [-0.15, -0.1) is 0 Å². The lowest BCUT2D eigenvalue weighted by Gasteiger charge is -2.32. The number of carbonyl (C=O) groups is 4. The van der Waals surface area contributed by atoms with Crippen molar-refractivity contribution in [3.05, 3.63) is 70.3 Å². The number of benzene rings is 2. The van der Waals surface area contributed by atoms with Crippen LogP contribution in [0.2, 0.25) is 0 Å². The summed E-state index contributed by atoms with van der Waals surface area (Å²) in [4.78, 5) is 50.3. The van der Waals surface area contributed by atoms with E-state index in [2.05, 4.69) is 20.8 Å². The van der Waals surface area contributed by atoms with Crippen molar-refractivity contribution >= 4 is 23.1 Å². The number of ketones is 4. The highest BCUT2D eigenvalue weighted by Gasteiger charge is 2.33. The first kappa shape index (κ1) is 32.3. The van der Waals surface area contributed by atoms with Gasteiger partial charge >= 0.3 is 0 Å². The highest BCUT2D eigenvalue weighted by molar-refractivity contribution is 6.01. The molecule has 39 heavy (non-hydrogen) atoms. The molecule has 0 heterocycles. The first-order chi connectivity index (χ1) is 18.6. The maximum atomic E-state index is 13.3. The molecular formula is C35H48O4. The Morgan fingerprint density at radius 2 is 1.59 bits per heavy atom. The van der Waals surface area contributed by atoms with Gasteiger partial charge in [0.25, 0.3) is 0 Å². The first-order valence-electron chi connectivity index (χ1n) is 14.9. The monoisotopic (exact) mass is 532 g/mol. The minimum absolute atomic E-state index is 0.0100. The molecule has 0 amide bonds. The summed E-state index contributed by atoms with van der Waals surface area (Å²) in [5.74, 6) is 0.539. The van der Waals surface area contributed by atoms with Crippen LogP contribution in [0.25, 0.3) is 0 Å². The Morgan fingerprint density at radius 3 is 2.18 bits per heavy atom. The summed E-state index contributed by atoms with van der Waals surface area (Å²) in [7, 11) is 0. The van der Waals surface area contributed by atoms with E-state index < -0.39 is 0 Å². The molecule has 0 aromatic heterocycles. The van der Waals surface area contributed by atoms with E-state index in [0.29, 0.717) is 19.3 Å². The van der Waals surface area contributed by atoms with Gasteiger partial charge in [-0.3, -0.25) is 19.2 Å². The summed E-state index contributed by atoms with van der Waals surface area (Å²) in [5.41, 5.74) is 4.73. The molecule has 0 radical (unpaired) electrons. The fourth-order valence-electron chi connectivity index (χ4n) is 6.06. The number of Topliss-reactive ketones (excluding diaryl/α,β-unsaturated/α-hetero) is 4. The Hall–Kier alpha value is -2.88. The zero-order valence-electron chi connectivity index (χ0n) is 25.0. The maximum Gasteiger partial charge on any atom is 0.163 e. The predicted octanol–water partition coefficient (Wildman–Crippen LogP) is 7.89. The second-order valence-electron chi connectivity index (χ2n) is 11.3. The highest BCUT2D eigenvalue weighted by atomic mass is 16.1. The van der Waals surface area contributed by atoms with Crippen LogP contribution in [0.3, 0.4) is 0 Å². The van der Waals surface area contributed by atoms with Crippen molar-refractivity contribution in [2.45, 2.75) is 106 Å². The molecule has 0 N–H and O–H groups in total. The van der Waals surface area contributed by atoms with Crippen molar-refractivity contribution in [1.29, 1.82) is 0 Å². The minimum Gasteiger partial charge on any atom is -0.300 e. The molecule has 4 heteroatoms. The van der Waals surface area contributed by atoms with Gasteiger partial charge in [0.2, 0.25) is 0 Å². The lowest BCUT2D eigenvalue weighted by Crippen LogP contribution is -2.30. The smallest absolute Gasteiger partial charge is 0.163 e. The number of hydrogen-bond acceptors (Lipinski definition) is 4. The van der Waals surface area contributed by atoms with Gasteiger partial charge in [-0.2, -0.15) is 0 Å². The normalized spacial score (nSPS) is 15.9. The topological polar surface area (TPSA) is 68.3 Å². The van der Waals surface area contributed by atoms with Crippen molar-refractivity contribution < 1.29 is 19.2 Å². The van der Waals surface area contributed by atoms with Crippen LogP contribution in [0.4, 0.5) is 0 Å². The molecule has 4 nitrogen and oxygen atoms in total. The van der Waals surface area contributed by atoms with Gasteiger partial charge in [-0.25, -0.2) is 0 Å². The Morgan fingerprint density at radius 1 is 0.923 bits per heavy atom. The van der Waals surface area contributed by atoms with Crippen LogP contribution in [0.5, 0.6) is 0 Å². The van der Waals surface area contributed by atoms with Crippen LogP contribution >= 0.6 is 0 Å². The van der Waals surface area contributed by atoms with Crippen LogP contribution in [-0.2, 0) is 33.6 Å². The maximum absolute atomic E-state index is 13.3. The van der Waals surface area contributed by atoms with Crippen LogP contribution in [0.1, 0.15) is 112 Å². The van der Waals surface area contributed by atoms with Crippen molar-refractivity contribution in [3.8, 4) is 0 Å². The fraction of sp³-hybridized carbons (Fsp3) is 0.543. The molecule has 3 atom stereocenters. The molecule has 0 aliphatic heterocycles. The van der Waals surface area contributed by atoms with Crippen molar-refractivity contribution in [3.63, 3.8) is 0 Å². The van der Waals surface area contributed by atoms with Gasteiger partial charge in [-0.05, 0) is 67.2 Å². The summed E-state index contributed by atoms with van der Waals surface area (Å²) < 4.78 is 0. The Kier molecular flexibility index (Phi) is 13.5. The van der Waals surface area contributed by atoms with E-state index in [1.807, 2.05) is 56.3 Å². The van der Waals surface area contributed by atoms with E-state index >= 15 is 0 Å². The van der Waals surface area contributed by atoms with Crippen molar-refractivity contribution in [2.24, 2.45) is 17.8 Å². The van der Waals surface area contributed by atoms with E-state index in [0.717, 1.165) is 59.9 Å². The van der Waals surface area contributed by atoms with Crippen LogP contribution < -0.4 is 0 Å². The number of rotatable bonds is 13. The molecular weight excluding hydrogens is 484 g/mol. The van der Waals surface area contributed by atoms with Crippen LogP contribution in [-0.4, -0.2) is 23.1 Å². The SMILES string of the molecule is CCC.CCCC(CC1CC(=O)c2c(ccc(CC(=O)Cc3ccccc3)c2C)C1)C(CC)C(=O)CC(C)=O. The Labute approximate surface area is 236 Å². The average Bonchev–Trinajstić information content (AvgIpc) is 2.87. The fourth-order valence-corrected chi connectivity index (χ4v) is 6.06. The minimum atomic E-state index is -0.120. The van der Waals surface area contributed by atoms with Crippen molar-refractivity contribution in [1.82, 2.24) is 0 Å². The number of hydrogen-bond donors (Lipinski definition) is 0.